The largest absolute Gasteiger partial charge is 0.494 e. The highest BCUT2D eigenvalue weighted by atomic mass is 79.9. The van der Waals surface area contributed by atoms with Crippen LogP contribution in [0, 0.1) is 6.92 Å². The van der Waals surface area contributed by atoms with Crippen LogP contribution in [-0.4, -0.2) is 15.0 Å². The molecule has 0 fully saturated rings. The molecule has 0 aliphatic rings. The summed E-state index contributed by atoms with van der Waals surface area (Å²) >= 11 is 3.36. The number of nitrogens with one attached hydrogen (secondary N) is 1. The molecule has 0 aromatic heterocycles. The van der Waals surface area contributed by atoms with Crippen LogP contribution in [0.25, 0.3) is 0 Å². The zero-order valence-electron chi connectivity index (χ0n) is 11.8. The van der Waals surface area contributed by atoms with Gasteiger partial charge in [0.25, 0.3) is 10.0 Å². The normalized spacial score (nSPS) is 11.2. The Kier molecular flexibility index (Phi) is 4.90. The van der Waals surface area contributed by atoms with Crippen molar-refractivity contribution in [1.29, 1.82) is 0 Å². The van der Waals surface area contributed by atoms with Gasteiger partial charge in [0.15, 0.2) is 0 Å². The van der Waals surface area contributed by atoms with Crippen molar-refractivity contribution in [2.75, 3.05) is 11.3 Å². The Morgan fingerprint density at radius 3 is 2.38 bits per heavy atom. The number of benzene rings is 2. The standard InChI is InChI=1S/C15H16BrNO3S/c1-3-20-12-5-7-13(8-6-12)21(18,19)17-15-9-4-11(2)10-14(15)16/h4-10,17H,3H2,1-2H3. The maximum Gasteiger partial charge on any atom is 0.261 e. The second-order valence-electron chi connectivity index (χ2n) is 4.49. The Morgan fingerprint density at radius 1 is 1.14 bits per heavy atom. The summed E-state index contributed by atoms with van der Waals surface area (Å²) in [5, 5.41) is 0. The van der Waals surface area contributed by atoms with E-state index in [0.717, 1.165) is 5.56 Å². The molecule has 0 atom stereocenters. The fraction of sp³-hybridized carbons (Fsp3) is 0.200. The third-order valence-electron chi connectivity index (χ3n) is 2.81. The predicted octanol–water partition coefficient (Wildman–Crippen LogP) is 3.96. The minimum absolute atomic E-state index is 0.193. The lowest BCUT2D eigenvalue weighted by Crippen LogP contribution is -2.13. The van der Waals surface area contributed by atoms with Crippen LogP contribution in [-0.2, 0) is 10.0 Å². The molecule has 2 rings (SSSR count). The van der Waals surface area contributed by atoms with Gasteiger partial charge in [-0.1, -0.05) is 6.07 Å². The van der Waals surface area contributed by atoms with Gasteiger partial charge in [0, 0.05) is 4.47 Å². The summed E-state index contributed by atoms with van der Waals surface area (Å²) in [6.07, 6.45) is 0. The smallest absolute Gasteiger partial charge is 0.261 e. The van der Waals surface area contributed by atoms with Crippen LogP contribution in [0.4, 0.5) is 5.69 Å². The lowest BCUT2D eigenvalue weighted by atomic mass is 10.2. The van der Waals surface area contributed by atoms with Crippen LogP contribution in [0.2, 0.25) is 0 Å². The first-order chi connectivity index (χ1) is 9.92. The van der Waals surface area contributed by atoms with E-state index in [1.54, 1.807) is 18.2 Å². The van der Waals surface area contributed by atoms with Crippen molar-refractivity contribution in [3.05, 3.63) is 52.5 Å². The molecule has 0 heterocycles. The lowest BCUT2D eigenvalue weighted by Gasteiger charge is -2.11. The molecule has 0 saturated heterocycles. The number of hydrogen-bond acceptors (Lipinski definition) is 3. The van der Waals surface area contributed by atoms with E-state index in [1.165, 1.54) is 12.1 Å². The van der Waals surface area contributed by atoms with Crippen LogP contribution in [0.1, 0.15) is 12.5 Å². The molecule has 2 aromatic rings. The van der Waals surface area contributed by atoms with Crippen molar-refractivity contribution in [2.24, 2.45) is 0 Å². The monoisotopic (exact) mass is 369 g/mol. The highest BCUT2D eigenvalue weighted by Crippen LogP contribution is 2.26. The zero-order valence-corrected chi connectivity index (χ0v) is 14.2. The molecule has 0 spiro atoms. The van der Waals surface area contributed by atoms with Gasteiger partial charge in [-0.3, -0.25) is 4.72 Å². The quantitative estimate of drug-likeness (QED) is 0.867. The molecule has 4 nitrogen and oxygen atoms in total. The summed E-state index contributed by atoms with van der Waals surface area (Å²) in [6, 6.07) is 11.8. The van der Waals surface area contributed by atoms with Crippen molar-refractivity contribution in [1.82, 2.24) is 0 Å². The van der Waals surface area contributed by atoms with Crippen molar-refractivity contribution >= 4 is 31.6 Å². The molecule has 21 heavy (non-hydrogen) atoms. The summed E-state index contributed by atoms with van der Waals surface area (Å²) in [7, 11) is -3.62. The molecule has 6 heteroatoms. The van der Waals surface area contributed by atoms with Gasteiger partial charge in [0.05, 0.1) is 17.2 Å². The van der Waals surface area contributed by atoms with Gasteiger partial charge in [-0.25, -0.2) is 8.42 Å². The summed E-state index contributed by atoms with van der Waals surface area (Å²) in [5.41, 5.74) is 1.56. The number of ether oxygens (including phenoxy) is 1. The van der Waals surface area contributed by atoms with Crippen molar-refractivity contribution < 1.29 is 13.2 Å². The first kappa shape index (κ1) is 15.9. The second-order valence-corrected chi connectivity index (χ2v) is 7.03. The molecule has 2 aromatic carbocycles. The van der Waals surface area contributed by atoms with E-state index < -0.39 is 10.0 Å². The Hall–Kier alpha value is -1.53. The SMILES string of the molecule is CCOc1ccc(S(=O)(=O)Nc2ccc(C)cc2Br)cc1. The number of hydrogen-bond donors (Lipinski definition) is 1. The van der Waals surface area contributed by atoms with Crippen molar-refractivity contribution in [2.45, 2.75) is 18.7 Å². The van der Waals surface area contributed by atoms with Crippen LogP contribution in [0.3, 0.4) is 0 Å². The maximum atomic E-state index is 12.3. The summed E-state index contributed by atoms with van der Waals surface area (Å²) in [6.45, 7) is 4.36. The van der Waals surface area contributed by atoms with E-state index in [9.17, 15) is 8.42 Å². The summed E-state index contributed by atoms with van der Waals surface area (Å²) in [4.78, 5) is 0.193. The Balaban J connectivity index is 2.25. The van der Waals surface area contributed by atoms with Gasteiger partial charge in [0.2, 0.25) is 0 Å². The molecule has 0 amide bonds. The predicted molar refractivity (Wildman–Crippen MR) is 87.3 cm³/mol. The summed E-state index contributed by atoms with van der Waals surface area (Å²) < 4.78 is 33.2. The minimum atomic E-state index is -3.62. The first-order valence-corrected chi connectivity index (χ1v) is 8.72. The number of halogens is 1. The molecular weight excluding hydrogens is 354 g/mol. The molecule has 0 aliphatic carbocycles. The van der Waals surface area contributed by atoms with Crippen LogP contribution in [0.5, 0.6) is 5.75 Å². The fourth-order valence-electron chi connectivity index (χ4n) is 1.79. The Labute approximate surface area is 133 Å². The molecule has 0 unspecified atom stereocenters. The van der Waals surface area contributed by atoms with E-state index in [0.29, 0.717) is 22.5 Å². The zero-order chi connectivity index (χ0) is 15.5. The average Bonchev–Trinajstić information content (AvgIpc) is 2.43. The highest BCUT2D eigenvalue weighted by molar-refractivity contribution is 9.10. The maximum absolute atomic E-state index is 12.3. The van der Waals surface area contributed by atoms with E-state index in [1.807, 2.05) is 26.0 Å². The van der Waals surface area contributed by atoms with Gasteiger partial charge in [-0.2, -0.15) is 0 Å². The molecular formula is C15H16BrNO3S. The molecule has 0 saturated carbocycles. The highest BCUT2D eigenvalue weighted by Gasteiger charge is 2.15. The van der Waals surface area contributed by atoms with E-state index in [2.05, 4.69) is 20.7 Å². The topological polar surface area (TPSA) is 55.4 Å². The van der Waals surface area contributed by atoms with Crippen LogP contribution >= 0.6 is 15.9 Å². The molecule has 0 aliphatic heterocycles. The lowest BCUT2D eigenvalue weighted by molar-refractivity contribution is 0.340. The third-order valence-corrected chi connectivity index (χ3v) is 4.85. The minimum Gasteiger partial charge on any atom is -0.494 e. The molecule has 0 bridgehead atoms. The Bertz CT molecular complexity index is 727. The van der Waals surface area contributed by atoms with E-state index >= 15 is 0 Å². The summed E-state index contributed by atoms with van der Waals surface area (Å²) in [5.74, 6) is 0.646. The van der Waals surface area contributed by atoms with Gasteiger partial charge >= 0.3 is 0 Å². The average molecular weight is 370 g/mol. The van der Waals surface area contributed by atoms with Gasteiger partial charge in [-0.15, -0.1) is 0 Å². The Morgan fingerprint density at radius 2 is 1.81 bits per heavy atom. The molecule has 112 valence electrons. The van der Waals surface area contributed by atoms with Gasteiger partial charge in [0.1, 0.15) is 5.75 Å². The van der Waals surface area contributed by atoms with Crippen molar-refractivity contribution in [3.63, 3.8) is 0 Å². The number of aryl methyl sites for hydroxylation is 1. The number of anilines is 1. The van der Waals surface area contributed by atoms with Crippen LogP contribution < -0.4 is 9.46 Å². The van der Waals surface area contributed by atoms with Gasteiger partial charge in [-0.05, 0) is 71.7 Å². The number of sulfonamides is 1. The fourth-order valence-corrected chi connectivity index (χ4v) is 3.59. The third kappa shape index (κ3) is 3.98. The van der Waals surface area contributed by atoms with Gasteiger partial charge < -0.3 is 4.74 Å². The molecule has 1 N–H and O–H groups in total. The van der Waals surface area contributed by atoms with Crippen LogP contribution in [0.15, 0.2) is 51.8 Å². The van der Waals surface area contributed by atoms with E-state index in [-0.39, 0.29) is 4.90 Å². The molecule has 0 radical (unpaired) electrons. The first-order valence-electron chi connectivity index (χ1n) is 6.44. The van der Waals surface area contributed by atoms with E-state index in [4.69, 9.17) is 4.74 Å². The van der Waals surface area contributed by atoms with Crippen molar-refractivity contribution in [3.8, 4) is 5.75 Å². The number of rotatable bonds is 5. The second kappa shape index (κ2) is 6.49.